The van der Waals surface area contributed by atoms with Crippen LogP contribution in [0.25, 0.3) is 11.4 Å². The molecule has 0 bridgehead atoms. The Bertz CT molecular complexity index is 922. The Labute approximate surface area is 142 Å². The Hall–Kier alpha value is -2.51. The average Bonchev–Trinajstić information content (AvgIpc) is 3.01. The summed E-state index contributed by atoms with van der Waals surface area (Å²) in [4.78, 5) is 29.9. The van der Waals surface area contributed by atoms with Gasteiger partial charge in [-0.15, -0.1) is 0 Å². The van der Waals surface area contributed by atoms with Crippen molar-refractivity contribution in [1.29, 1.82) is 0 Å². The van der Waals surface area contributed by atoms with Gasteiger partial charge in [0.2, 0.25) is 0 Å². The number of rotatable bonds is 3. The van der Waals surface area contributed by atoms with Crippen molar-refractivity contribution in [3.8, 4) is 11.4 Å². The van der Waals surface area contributed by atoms with Gasteiger partial charge in [0, 0.05) is 31.9 Å². The molecule has 0 aromatic carbocycles. The number of nitrogens with one attached hydrogen (secondary N) is 1. The maximum absolute atomic E-state index is 12.5. The zero-order chi connectivity index (χ0) is 16.5. The summed E-state index contributed by atoms with van der Waals surface area (Å²) in [6.45, 7) is 1.94. The Morgan fingerprint density at radius 3 is 2.88 bits per heavy atom. The van der Waals surface area contributed by atoms with Crippen molar-refractivity contribution in [2.24, 2.45) is 0 Å². The van der Waals surface area contributed by atoms with Gasteiger partial charge in [0.1, 0.15) is 17.9 Å². The lowest BCUT2D eigenvalue weighted by Crippen LogP contribution is -2.35. The fraction of sp³-hybridized carbons (Fsp3) is 0.250. The minimum Gasteiger partial charge on any atom is -0.448 e. The smallest absolute Gasteiger partial charge is 0.255 e. The number of furan rings is 1. The van der Waals surface area contributed by atoms with E-state index in [1.165, 1.54) is 6.33 Å². The highest BCUT2D eigenvalue weighted by Crippen LogP contribution is 2.21. The summed E-state index contributed by atoms with van der Waals surface area (Å²) in [7, 11) is 0. The molecule has 0 amide bonds. The van der Waals surface area contributed by atoms with E-state index in [0.717, 1.165) is 18.0 Å². The summed E-state index contributed by atoms with van der Waals surface area (Å²) in [6, 6.07) is 3.57. The van der Waals surface area contributed by atoms with E-state index >= 15 is 0 Å². The molecule has 24 heavy (non-hydrogen) atoms. The van der Waals surface area contributed by atoms with Crippen LogP contribution in [0.2, 0.25) is 5.22 Å². The molecule has 4 rings (SSSR count). The van der Waals surface area contributed by atoms with Crippen LogP contribution in [0.15, 0.2) is 40.1 Å². The van der Waals surface area contributed by atoms with Crippen molar-refractivity contribution >= 4 is 11.6 Å². The number of hydrogen-bond donors (Lipinski definition) is 1. The molecule has 3 aromatic heterocycles. The Kier molecular flexibility index (Phi) is 3.87. The van der Waals surface area contributed by atoms with E-state index < -0.39 is 0 Å². The highest BCUT2D eigenvalue weighted by molar-refractivity contribution is 6.28. The van der Waals surface area contributed by atoms with Gasteiger partial charge < -0.3 is 9.40 Å². The van der Waals surface area contributed by atoms with Crippen molar-refractivity contribution in [3.05, 3.63) is 63.4 Å². The molecule has 3 aromatic rings. The lowest BCUT2D eigenvalue weighted by atomic mass is 10.1. The van der Waals surface area contributed by atoms with Crippen molar-refractivity contribution in [2.45, 2.75) is 19.5 Å². The standard InChI is InChI=1S/C16H14ClN5O2/c17-14-2-1-11(24-14)7-22-4-3-13-12(8-22)16(23)21-15(20-13)10-5-18-9-19-6-10/h1-2,5-6,9H,3-4,7-8H2,(H,20,21,23). The molecule has 0 atom stereocenters. The van der Waals surface area contributed by atoms with E-state index in [2.05, 4.69) is 24.8 Å². The number of aromatic amines is 1. The van der Waals surface area contributed by atoms with Crippen LogP contribution in [0.5, 0.6) is 0 Å². The van der Waals surface area contributed by atoms with E-state index in [4.69, 9.17) is 16.0 Å². The van der Waals surface area contributed by atoms with E-state index in [1.807, 2.05) is 6.07 Å². The van der Waals surface area contributed by atoms with Crippen LogP contribution >= 0.6 is 11.6 Å². The van der Waals surface area contributed by atoms with Crippen LogP contribution in [0, 0.1) is 0 Å². The number of H-pyrrole nitrogens is 1. The summed E-state index contributed by atoms with van der Waals surface area (Å²) < 4.78 is 5.39. The van der Waals surface area contributed by atoms with E-state index in [0.29, 0.717) is 41.7 Å². The summed E-state index contributed by atoms with van der Waals surface area (Å²) in [5.41, 5.74) is 2.09. The van der Waals surface area contributed by atoms with Crippen LogP contribution in [-0.4, -0.2) is 31.4 Å². The van der Waals surface area contributed by atoms with Gasteiger partial charge in [0.15, 0.2) is 5.22 Å². The topological polar surface area (TPSA) is 87.9 Å². The first kappa shape index (κ1) is 15.0. The van der Waals surface area contributed by atoms with Crippen molar-refractivity contribution in [1.82, 2.24) is 24.8 Å². The molecule has 0 fully saturated rings. The van der Waals surface area contributed by atoms with Gasteiger partial charge in [-0.1, -0.05) is 0 Å². The Morgan fingerprint density at radius 2 is 2.12 bits per heavy atom. The fourth-order valence-electron chi connectivity index (χ4n) is 2.83. The summed E-state index contributed by atoms with van der Waals surface area (Å²) in [5, 5.41) is 0.372. The summed E-state index contributed by atoms with van der Waals surface area (Å²) in [5.74, 6) is 1.29. The molecule has 1 aliphatic heterocycles. The Morgan fingerprint density at radius 1 is 1.29 bits per heavy atom. The number of hydrogen-bond acceptors (Lipinski definition) is 6. The predicted octanol–water partition coefficient (Wildman–Crippen LogP) is 2.03. The zero-order valence-corrected chi connectivity index (χ0v) is 13.5. The molecule has 7 nitrogen and oxygen atoms in total. The first-order valence-corrected chi connectivity index (χ1v) is 7.91. The third kappa shape index (κ3) is 2.95. The third-order valence-electron chi connectivity index (χ3n) is 3.99. The van der Waals surface area contributed by atoms with Gasteiger partial charge in [-0.2, -0.15) is 0 Å². The molecular formula is C16H14ClN5O2. The van der Waals surface area contributed by atoms with Crippen LogP contribution in [0.3, 0.4) is 0 Å². The first-order valence-electron chi connectivity index (χ1n) is 7.53. The van der Waals surface area contributed by atoms with Gasteiger partial charge in [0.05, 0.1) is 23.4 Å². The largest absolute Gasteiger partial charge is 0.448 e. The van der Waals surface area contributed by atoms with Gasteiger partial charge in [-0.05, 0) is 23.7 Å². The van der Waals surface area contributed by atoms with E-state index in [1.54, 1.807) is 18.5 Å². The molecule has 1 N–H and O–H groups in total. The van der Waals surface area contributed by atoms with Gasteiger partial charge >= 0.3 is 0 Å². The van der Waals surface area contributed by atoms with E-state index in [9.17, 15) is 4.79 Å². The first-order chi connectivity index (χ1) is 11.7. The maximum atomic E-state index is 12.5. The van der Waals surface area contributed by atoms with Crippen LogP contribution in [0.4, 0.5) is 0 Å². The lowest BCUT2D eigenvalue weighted by Gasteiger charge is -2.26. The molecule has 0 aliphatic carbocycles. The quantitative estimate of drug-likeness (QED) is 0.783. The fourth-order valence-corrected chi connectivity index (χ4v) is 2.99. The highest BCUT2D eigenvalue weighted by Gasteiger charge is 2.22. The number of halogens is 1. The third-order valence-corrected chi connectivity index (χ3v) is 4.19. The van der Waals surface area contributed by atoms with Crippen molar-refractivity contribution < 1.29 is 4.42 Å². The Balaban J connectivity index is 1.59. The van der Waals surface area contributed by atoms with E-state index in [-0.39, 0.29) is 5.56 Å². The minimum absolute atomic E-state index is 0.124. The van der Waals surface area contributed by atoms with Crippen molar-refractivity contribution in [3.63, 3.8) is 0 Å². The minimum atomic E-state index is -0.124. The highest BCUT2D eigenvalue weighted by atomic mass is 35.5. The summed E-state index contributed by atoms with van der Waals surface area (Å²) >= 11 is 5.80. The maximum Gasteiger partial charge on any atom is 0.255 e. The van der Waals surface area contributed by atoms with Crippen molar-refractivity contribution in [2.75, 3.05) is 6.54 Å². The second kappa shape index (κ2) is 6.18. The normalized spacial score (nSPS) is 14.5. The molecule has 0 unspecified atom stereocenters. The lowest BCUT2D eigenvalue weighted by molar-refractivity contribution is 0.222. The molecule has 8 heteroatoms. The number of aromatic nitrogens is 4. The molecule has 0 saturated carbocycles. The van der Waals surface area contributed by atoms with Crippen LogP contribution < -0.4 is 5.56 Å². The second-order valence-corrected chi connectivity index (χ2v) is 6.01. The second-order valence-electron chi connectivity index (χ2n) is 5.63. The van der Waals surface area contributed by atoms with Crippen LogP contribution in [0.1, 0.15) is 17.0 Å². The molecule has 0 saturated heterocycles. The monoisotopic (exact) mass is 343 g/mol. The molecule has 1 aliphatic rings. The number of nitrogens with zero attached hydrogens (tertiary/aromatic N) is 4. The molecule has 4 heterocycles. The molecule has 122 valence electrons. The van der Waals surface area contributed by atoms with Gasteiger partial charge in [-0.25, -0.2) is 15.0 Å². The average molecular weight is 344 g/mol. The SMILES string of the molecule is O=c1[nH]c(-c2cncnc2)nc2c1CN(Cc1ccc(Cl)o1)CC2. The number of fused-ring (bicyclic) bond motifs is 1. The zero-order valence-electron chi connectivity index (χ0n) is 12.7. The molecule has 0 spiro atoms. The molecule has 0 radical (unpaired) electrons. The summed E-state index contributed by atoms with van der Waals surface area (Å²) in [6.07, 6.45) is 5.41. The molecular weight excluding hydrogens is 330 g/mol. The van der Waals surface area contributed by atoms with Gasteiger partial charge in [0.25, 0.3) is 5.56 Å². The van der Waals surface area contributed by atoms with Crippen LogP contribution in [-0.2, 0) is 19.5 Å². The predicted molar refractivity (Wildman–Crippen MR) is 87.4 cm³/mol. The van der Waals surface area contributed by atoms with Gasteiger partial charge in [-0.3, -0.25) is 9.69 Å².